The van der Waals surface area contributed by atoms with Crippen molar-refractivity contribution < 1.29 is 19.7 Å². The molecule has 2 aromatic carbocycles. The van der Waals surface area contributed by atoms with Crippen molar-refractivity contribution in [1.82, 2.24) is 4.98 Å². The Morgan fingerprint density at radius 1 is 1.00 bits per heavy atom. The predicted octanol–water partition coefficient (Wildman–Crippen LogP) is 3.01. The Kier molecular flexibility index (Phi) is 3.09. The van der Waals surface area contributed by atoms with Crippen LogP contribution in [-0.4, -0.2) is 31.4 Å². The average molecular weight is 352 g/mol. The van der Waals surface area contributed by atoms with Crippen molar-refractivity contribution in [2.24, 2.45) is 4.99 Å². The summed E-state index contributed by atoms with van der Waals surface area (Å²) in [6.07, 6.45) is 0. The van der Waals surface area contributed by atoms with Gasteiger partial charge in [0.2, 0.25) is 5.78 Å². The molecule has 0 radical (unpaired) electrons. The number of aliphatic imine (C=N–C) groups is 1. The molecule has 0 amide bonds. The van der Waals surface area contributed by atoms with Crippen LogP contribution in [0.2, 0.25) is 0 Å². The highest BCUT2D eigenvalue weighted by molar-refractivity contribution is 6.55. The van der Waals surface area contributed by atoms with E-state index in [1.165, 1.54) is 30.3 Å². The Hall–Kier alpha value is -4.08. The highest BCUT2D eigenvalue weighted by atomic mass is 16.6. The number of benzene rings is 2. The standard InChI is InChI=1S/C16H8N4O6/c21-15-9-5-7(19(23)24)1-3-11(9)17-13(15)14-16(22)10-6-8(20(25)26)2-4-12(10)18-14/h1-6,17,21H. The Balaban J connectivity index is 1.84. The third-order valence-electron chi connectivity index (χ3n) is 4.09. The molecule has 1 aromatic heterocycles. The molecule has 2 heterocycles. The number of H-pyrrole nitrogens is 1. The molecule has 128 valence electrons. The zero-order chi connectivity index (χ0) is 18.6. The number of hydrogen-bond acceptors (Lipinski definition) is 7. The zero-order valence-electron chi connectivity index (χ0n) is 12.8. The van der Waals surface area contributed by atoms with E-state index in [0.717, 1.165) is 6.07 Å². The summed E-state index contributed by atoms with van der Waals surface area (Å²) in [5.41, 5.74) is 0.126. The molecule has 0 saturated heterocycles. The second-order valence-electron chi connectivity index (χ2n) is 5.58. The number of rotatable bonds is 3. The summed E-state index contributed by atoms with van der Waals surface area (Å²) in [5.74, 6) is -0.932. The fourth-order valence-electron chi connectivity index (χ4n) is 2.84. The molecule has 0 atom stereocenters. The number of aromatic amines is 1. The SMILES string of the molecule is O=C1C(c2[nH]c3ccc([N+](=O)[O-])cc3c2O)=Nc2ccc([N+](=O)[O-])cc21. The van der Waals surface area contributed by atoms with E-state index in [-0.39, 0.29) is 45.2 Å². The van der Waals surface area contributed by atoms with Gasteiger partial charge < -0.3 is 10.1 Å². The molecule has 0 unspecified atom stereocenters. The van der Waals surface area contributed by atoms with Crippen LogP contribution in [0.3, 0.4) is 0 Å². The Morgan fingerprint density at radius 2 is 1.65 bits per heavy atom. The number of aromatic nitrogens is 1. The van der Waals surface area contributed by atoms with Gasteiger partial charge >= 0.3 is 0 Å². The largest absolute Gasteiger partial charge is 0.505 e. The lowest BCUT2D eigenvalue weighted by Gasteiger charge is -1.97. The molecule has 1 aliphatic heterocycles. The predicted molar refractivity (Wildman–Crippen MR) is 90.2 cm³/mol. The monoisotopic (exact) mass is 352 g/mol. The van der Waals surface area contributed by atoms with Gasteiger partial charge in [0.05, 0.1) is 26.6 Å². The first-order chi connectivity index (χ1) is 12.4. The molecular weight excluding hydrogens is 344 g/mol. The Bertz CT molecular complexity index is 1180. The highest BCUT2D eigenvalue weighted by Gasteiger charge is 2.31. The van der Waals surface area contributed by atoms with Crippen molar-refractivity contribution >= 4 is 39.5 Å². The summed E-state index contributed by atoms with van der Waals surface area (Å²) in [6.45, 7) is 0. The maximum atomic E-state index is 12.6. The van der Waals surface area contributed by atoms with Gasteiger partial charge in [-0.15, -0.1) is 0 Å². The van der Waals surface area contributed by atoms with Gasteiger partial charge in [-0.3, -0.25) is 25.0 Å². The maximum absolute atomic E-state index is 12.6. The molecule has 2 N–H and O–H groups in total. The lowest BCUT2D eigenvalue weighted by atomic mass is 10.1. The summed E-state index contributed by atoms with van der Waals surface area (Å²) in [6, 6.07) is 7.56. The fraction of sp³-hybridized carbons (Fsp3) is 0. The van der Waals surface area contributed by atoms with Gasteiger partial charge in [0.15, 0.2) is 5.75 Å². The Labute approximate surface area is 143 Å². The van der Waals surface area contributed by atoms with Gasteiger partial charge in [-0.1, -0.05) is 0 Å². The number of fused-ring (bicyclic) bond motifs is 2. The van der Waals surface area contributed by atoms with Crippen LogP contribution in [0.15, 0.2) is 41.4 Å². The van der Waals surface area contributed by atoms with Crippen LogP contribution >= 0.6 is 0 Å². The van der Waals surface area contributed by atoms with Gasteiger partial charge in [0.1, 0.15) is 11.4 Å². The molecule has 10 nitrogen and oxygen atoms in total. The summed E-state index contributed by atoms with van der Waals surface area (Å²) in [7, 11) is 0. The first-order valence-corrected chi connectivity index (χ1v) is 7.28. The van der Waals surface area contributed by atoms with Gasteiger partial charge in [-0.05, 0) is 12.1 Å². The number of nitrogens with zero attached hydrogens (tertiary/aromatic N) is 3. The number of aromatic hydroxyl groups is 1. The number of carbonyl (C=O) groups is 1. The lowest BCUT2D eigenvalue weighted by molar-refractivity contribution is -0.385. The molecule has 0 fully saturated rings. The second-order valence-corrected chi connectivity index (χ2v) is 5.58. The first kappa shape index (κ1) is 15.4. The van der Waals surface area contributed by atoms with E-state index < -0.39 is 15.6 Å². The van der Waals surface area contributed by atoms with Crippen molar-refractivity contribution in [1.29, 1.82) is 0 Å². The summed E-state index contributed by atoms with van der Waals surface area (Å²) in [4.78, 5) is 40.1. The number of Topliss-reactive ketones (excluding diaryl/α,β-unsaturated/α-hetero) is 1. The third kappa shape index (κ3) is 2.13. The smallest absolute Gasteiger partial charge is 0.270 e. The first-order valence-electron chi connectivity index (χ1n) is 7.28. The minimum absolute atomic E-state index is 0.00403. The van der Waals surface area contributed by atoms with E-state index >= 15 is 0 Å². The van der Waals surface area contributed by atoms with Crippen molar-refractivity contribution in [3.05, 3.63) is 67.9 Å². The normalized spacial score (nSPS) is 12.9. The number of nitro groups is 2. The van der Waals surface area contributed by atoms with Crippen molar-refractivity contribution in [2.75, 3.05) is 0 Å². The minimum atomic E-state index is -0.620. The number of nitrogens with one attached hydrogen (secondary N) is 1. The van der Waals surface area contributed by atoms with Crippen LogP contribution in [0.25, 0.3) is 10.9 Å². The Morgan fingerprint density at radius 3 is 2.35 bits per heavy atom. The van der Waals surface area contributed by atoms with E-state index in [0.29, 0.717) is 5.52 Å². The minimum Gasteiger partial charge on any atom is -0.505 e. The molecule has 4 rings (SSSR count). The second kappa shape index (κ2) is 5.21. The van der Waals surface area contributed by atoms with Gasteiger partial charge in [-0.25, -0.2) is 4.99 Å². The van der Waals surface area contributed by atoms with Crippen LogP contribution in [0.1, 0.15) is 16.1 Å². The highest BCUT2D eigenvalue weighted by Crippen LogP contribution is 2.37. The lowest BCUT2D eigenvalue weighted by Crippen LogP contribution is -2.11. The zero-order valence-corrected chi connectivity index (χ0v) is 12.8. The summed E-state index contributed by atoms with van der Waals surface area (Å²) >= 11 is 0. The van der Waals surface area contributed by atoms with Crippen LogP contribution in [-0.2, 0) is 0 Å². The number of carbonyl (C=O) groups excluding carboxylic acids is 1. The third-order valence-corrected chi connectivity index (χ3v) is 4.09. The van der Waals surface area contributed by atoms with Gasteiger partial charge in [0.25, 0.3) is 11.4 Å². The number of hydrogen-bond donors (Lipinski definition) is 2. The summed E-state index contributed by atoms with van der Waals surface area (Å²) in [5, 5.41) is 32.3. The van der Waals surface area contributed by atoms with E-state index in [1.54, 1.807) is 0 Å². The van der Waals surface area contributed by atoms with E-state index in [9.17, 15) is 30.1 Å². The van der Waals surface area contributed by atoms with Crippen LogP contribution in [0.5, 0.6) is 5.75 Å². The van der Waals surface area contributed by atoms with Crippen LogP contribution < -0.4 is 0 Å². The molecule has 0 aliphatic carbocycles. The van der Waals surface area contributed by atoms with E-state index in [4.69, 9.17) is 0 Å². The molecule has 0 saturated carbocycles. The maximum Gasteiger partial charge on any atom is 0.270 e. The van der Waals surface area contributed by atoms with E-state index in [1.807, 2.05) is 0 Å². The molecule has 1 aliphatic rings. The summed E-state index contributed by atoms with van der Waals surface area (Å²) < 4.78 is 0. The number of nitro benzene ring substituents is 2. The van der Waals surface area contributed by atoms with Crippen molar-refractivity contribution in [3.8, 4) is 5.75 Å². The van der Waals surface area contributed by atoms with Crippen molar-refractivity contribution in [2.45, 2.75) is 0 Å². The molecule has 3 aromatic rings. The van der Waals surface area contributed by atoms with Crippen LogP contribution in [0.4, 0.5) is 17.1 Å². The quantitative estimate of drug-likeness (QED) is 0.546. The van der Waals surface area contributed by atoms with Crippen molar-refractivity contribution in [3.63, 3.8) is 0 Å². The van der Waals surface area contributed by atoms with Gasteiger partial charge in [-0.2, -0.15) is 0 Å². The molecular formula is C16H8N4O6. The number of ketones is 1. The topological polar surface area (TPSA) is 152 Å². The molecule has 0 bridgehead atoms. The molecule has 10 heteroatoms. The van der Waals surface area contributed by atoms with Gasteiger partial charge in [0, 0.05) is 29.7 Å². The van der Waals surface area contributed by atoms with Crippen LogP contribution in [0, 0.1) is 20.2 Å². The molecule has 0 spiro atoms. The van der Waals surface area contributed by atoms with E-state index in [2.05, 4.69) is 9.98 Å². The average Bonchev–Trinajstić information content (AvgIpc) is 3.11. The fourth-order valence-corrected chi connectivity index (χ4v) is 2.84. The molecule has 26 heavy (non-hydrogen) atoms. The number of non-ortho nitro benzene ring substituents is 2.